The zero-order valence-corrected chi connectivity index (χ0v) is 8.50. The molecular formula is C9H12NO2S. The molecule has 0 saturated carbocycles. The normalized spacial score (nSPS) is 11.2. The number of nitrogens with zero attached hydrogens (tertiary/aromatic N) is 1. The van der Waals surface area contributed by atoms with Crippen molar-refractivity contribution in [3.63, 3.8) is 0 Å². The van der Waals surface area contributed by atoms with E-state index in [9.17, 15) is 8.42 Å². The van der Waals surface area contributed by atoms with Gasteiger partial charge in [-0.25, -0.2) is 8.42 Å². The predicted octanol–water partition coefficient (Wildman–Crippen LogP) is 1.27. The highest BCUT2D eigenvalue weighted by molar-refractivity contribution is 7.92. The van der Waals surface area contributed by atoms with Crippen LogP contribution < -0.4 is 4.31 Å². The lowest BCUT2D eigenvalue weighted by Crippen LogP contribution is -2.27. The molecular weight excluding hydrogens is 186 g/mol. The Balaban J connectivity index is 2.99. The molecule has 0 aromatic heterocycles. The summed E-state index contributed by atoms with van der Waals surface area (Å²) in [6.07, 6.45) is 0. The second-order valence-corrected chi connectivity index (χ2v) is 4.92. The minimum Gasteiger partial charge on any atom is -0.273 e. The Bertz CT molecular complexity index is 358. The van der Waals surface area contributed by atoms with E-state index in [4.69, 9.17) is 0 Å². The van der Waals surface area contributed by atoms with Crippen molar-refractivity contribution < 1.29 is 8.42 Å². The van der Waals surface area contributed by atoms with E-state index in [1.165, 1.54) is 4.31 Å². The predicted molar refractivity (Wildman–Crippen MR) is 53.1 cm³/mol. The van der Waals surface area contributed by atoms with Crippen LogP contribution in [0, 0.1) is 6.07 Å². The van der Waals surface area contributed by atoms with Crippen LogP contribution >= 0.6 is 0 Å². The first-order valence-electron chi connectivity index (χ1n) is 4.00. The van der Waals surface area contributed by atoms with Crippen molar-refractivity contribution in [2.24, 2.45) is 0 Å². The molecule has 1 rings (SSSR count). The zero-order valence-electron chi connectivity index (χ0n) is 7.69. The molecule has 0 aliphatic carbocycles. The quantitative estimate of drug-likeness (QED) is 0.733. The Labute approximate surface area is 79.0 Å². The van der Waals surface area contributed by atoms with Gasteiger partial charge in [-0.2, -0.15) is 0 Å². The summed E-state index contributed by atoms with van der Waals surface area (Å²) in [6.45, 7) is 1.63. The van der Waals surface area contributed by atoms with Crippen molar-refractivity contribution in [1.29, 1.82) is 0 Å². The summed E-state index contributed by atoms with van der Waals surface area (Å²) in [7, 11) is -1.58. The van der Waals surface area contributed by atoms with Gasteiger partial charge in [-0.3, -0.25) is 4.31 Å². The highest BCUT2D eigenvalue weighted by atomic mass is 32.2. The molecule has 3 nitrogen and oxygen atoms in total. The smallest absolute Gasteiger partial charge is 0.234 e. The third kappa shape index (κ3) is 2.21. The van der Waals surface area contributed by atoms with E-state index in [1.54, 1.807) is 38.2 Å². The van der Waals surface area contributed by atoms with E-state index in [0.29, 0.717) is 5.69 Å². The van der Waals surface area contributed by atoms with Crippen LogP contribution in [0.25, 0.3) is 0 Å². The molecule has 1 aromatic rings. The maximum absolute atomic E-state index is 11.4. The number of sulfonamides is 1. The molecule has 0 bridgehead atoms. The molecule has 4 heteroatoms. The topological polar surface area (TPSA) is 37.4 Å². The van der Waals surface area contributed by atoms with Crippen LogP contribution in [0.4, 0.5) is 5.69 Å². The lowest BCUT2D eigenvalue weighted by molar-refractivity contribution is 0.595. The second kappa shape index (κ2) is 3.79. The minimum atomic E-state index is -3.13. The first-order chi connectivity index (χ1) is 6.08. The van der Waals surface area contributed by atoms with E-state index in [-0.39, 0.29) is 5.75 Å². The molecule has 13 heavy (non-hydrogen) atoms. The van der Waals surface area contributed by atoms with Crippen LogP contribution in [0.5, 0.6) is 0 Å². The Hall–Kier alpha value is -1.03. The standard InChI is InChI=1S/C9H12NO2S/c1-3-13(11,12)10(2)9-7-5-4-6-8-9/h5-8H,3H2,1-2H3. The summed E-state index contributed by atoms with van der Waals surface area (Å²) < 4.78 is 24.1. The summed E-state index contributed by atoms with van der Waals surface area (Å²) in [5, 5.41) is 0. The Kier molecular flexibility index (Phi) is 2.93. The summed E-state index contributed by atoms with van der Waals surface area (Å²) in [4.78, 5) is 0. The zero-order chi connectivity index (χ0) is 9.90. The van der Waals surface area contributed by atoms with Gasteiger partial charge < -0.3 is 0 Å². The lowest BCUT2D eigenvalue weighted by atomic mass is 10.3. The van der Waals surface area contributed by atoms with E-state index >= 15 is 0 Å². The van der Waals surface area contributed by atoms with Gasteiger partial charge in [0.05, 0.1) is 11.4 Å². The average molecular weight is 198 g/mol. The number of anilines is 1. The fourth-order valence-electron chi connectivity index (χ4n) is 0.942. The number of rotatable bonds is 3. The summed E-state index contributed by atoms with van der Waals surface area (Å²) in [5.41, 5.74) is 0.667. The SMILES string of the molecule is CCS(=O)(=O)N(C)c1cc[c]cc1. The fraction of sp³-hybridized carbons (Fsp3) is 0.333. The average Bonchev–Trinajstić information content (AvgIpc) is 2.18. The van der Waals surface area contributed by atoms with Gasteiger partial charge in [0.1, 0.15) is 0 Å². The molecule has 0 saturated heterocycles. The van der Waals surface area contributed by atoms with Crippen molar-refractivity contribution in [2.75, 3.05) is 17.1 Å². The number of hydrogen-bond acceptors (Lipinski definition) is 2. The molecule has 0 amide bonds. The van der Waals surface area contributed by atoms with Gasteiger partial charge in [-0.15, -0.1) is 0 Å². The van der Waals surface area contributed by atoms with Crippen LogP contribution in [0.1, 0.15) is 6.92 Å². The molecule has 0 N–H and O–H groups in total. The highest BCUT2D eigenvalue weighted by Crippen LogP contribution is 2.14. The third-order valence-electron chi connectivity index (χ3n) is 1.85. The minimum absolute atomic E-state index is 0.113. The van der Waals surface area contributed by atoms with Gasteiger partial charge in [0.25, 0.3) is 0 Å². The molecule has 1 radical (unpaired) electrons. The Morgan fingerprint density at radius 1 is 1.38 bits per heavy atom. The molecule has 0 heterocycles. The van der Waals surface area contributed by atoms with Gasteiger partial charge in [0.15, 0.2) is 0 Å². The van der Waals surface area contributed by atoms with Crippen LogP contribution in [-0.4, -0.2) is 21.2 Å². The highest BCUT2D eigenvalue weighted by Gasteiger charge is 2.14. The van der Waals surface area contributed by atoms with Crippen molar-refractivity contribution in [3.8, 4) is 0 Å². The molecule has 0 fully saturated rings. The fourth-order valence-corrected chi connectivity index (χ4v) is 1.77. The van der Waals surface area contributed by atoms with Crippen LogP contribution in [0.2, 0.25) is 0 Å². The molecule has 1 aromatic carbocycles. The lowest BCUT2D eigenvalue weighted by Gasteiger charge is -2.17. The van der Waals surface area contributed by atoms with E-state index in [1.807, 2.05) is 0 Å². The Morgan fingerprint density at radius 2 is 1.92 bits per heavy atom. The maximum Gasteiger partial charge on any atom is 0.234 e. The molecule has 0 unspecified atom stereocenters. The second-order valence-electron chi connectivity index (χ2n) is 2.63. The molecule has 71 valence electrons. The van der Waals surface area contributed by atoms with E-state index < -0.39 is 10.0 Å². The largest absolute Gasteiger partial charge is 0.273 e. The van der Waals surface area contributed by atoms with Crippen molar-refractivity contribution >= 4 is 15.7 Å². The van der Waals surface area contributed by atoms with Crippen LogP contribution in [0.3, 0.4) is 0 Å². The van der Waals surface area contributed by atoms with Crippen LogP contribution in [-0.2, 0) is 10.0 Å². The Morgan fingerprint density at radius 3 is 2.38 bits per heavy atom. The first kappa shape index (κ1) is 10.1. The van der Waals surface area contributed by atoms with Gasteiger partial charge in [-0.1, -0.05) is 12.1 Å². The van der Waals surface area contributed by atoms with Gasteiger partial charge in [0.2, 0.25) is 10.0 Å². The van der Waals surface area contributed by atoms with Crippen molar-refractivity contribution in [1.82, 2.24) is 0 Å². The molecule has 0 aliphatic rings. The third-order valence-corrected chi connectivity index (χ3v) is 3.62. The maximum atomic E-state index is 11.4. The first-order valence-corrected chi connectivity index (χ1v) is 5.61. The monoisotopic (exact) mass is 198 g/mol. The van der Waals surface area contributed by atoms with Gasteiger partial charge in [0, 0.05) is 7.05 Å². The molecule has 0 atom stereocenters. The number of benzene rings is 1. The summed E-state index contributed by atoms with van der Waals surface area (Å²) in [6, 6.07) is 9.65. The summed E-state index contributed by atoms with van der Waals surface area (Å²) >= 11 is 0. The number of hydrogen-bond donors (Lipinski definition) is 0. The molecule has 0 spiro atoms. The summed E-state index contributed by atoms with van der Waals surface area (Å²) in [5.74, 6) is 0.113. The molecule has 0 aliphatic heterocycles. The van der Waals surface area contributed by atoms with Gasteiger partial charge >= 0.3 is 0 Å². The van der Waals surface area contributed by atoms with Crippen LogP contribution in [0.15, 0.2) is 24.3 Å². The van der Waals surface area contributed by atoms with Crippen molar-refractivity contribution in [3.05, 3.63) is 30.3 Å². The van der Waals surface area contributed by atoms with E-state index in [0.717, 1.165) is 0 Å². The van der Waals surface area contributed by atoms with Gasteiger partial charge in [-0.05, 0) is 25.1 Å². The van der Waals surface area contributed by atoms with Crippen molar-refractivity contribution in [2.45, 2.75) is 6.92 Å². The van der Waals surface area contributed by atoms with E-state index in [2.05, 4.69) is 6.07 Å².